The second kappa shape index (κ2) is 68.7. The third kappa shape index (κ3) is 54.9. The largest absolute Gasteiger partial charge is 0.394 e. The summed E-state index contributed by atoms with van der Waals surface area (Å²) < 4.78 is 11.2. The Morgan fingerprint density at radius 3 is 1.03 bits per heavy atom. The molecular formula is C81H151NO10. The normalized spacial score (nSPS) is 18.6. The highest BCUT2D eigenvalue weighted by molar-refractivity contribution is 5.80. The van der Waals surface area contributed by atoms with Crippen molar-refractivity contribution in [2.45, 2.75) is 435 Å². The number of ether oxygens (including phenoxy) is 2. The van der Waals surface area contributed by atoms with E-state index >= 15 is 0 Å². The molecule has 0 aromatic carbocycles. The van der Waals surface area contributed by atoms with Crippen molar-refractivity contribution in [2.75, 3.05) is 13.2 Å². The van der Waals surface area contributed by atoms with Crippen LogP contribution in [0.3, 0.4) is 0 Å². The van der Waals surface area contributed by atoms with Crippen molar-refractivity contribution >= 4 is 5.91 Å². The van der Waals surface area contributed by atoms with Gasteiger partial charge in [0.05, 0.1) is 25.4 Å². The maximum Gasteiger partial charge on any atom is 0.249 e. The monoisotopic (exact) mass is 1300 g/mol. The minimum atomic E-state index is -1.68. The Morgan fingerprint density at radius 1 is 0.380 bits per heavy atom. The van der Waals surface area contributed by atoms with Gasteiger partial charge in [0.2, 0.25) is 5.91 Å². The number of unbranched alkanes of at least 4 members (excludes halogenated alkanes) is 48. The van der Waals surface area contributed by atoms with Gasteiger partial charge in [0.15, 0.2) is 6.29 Å². The van der Waals surface area contributed by atoms with Crippen LogP contribution < -0.4 is 5.32 Å². The molecular weight excluding hydrogens is 1150 g/mol. The summed E-state index contributed by atoms with van der Waals surface area (Å²) in [6, 6.07) is -1.20. The Hall–Kier alpha value is -2.19. The first-order valence-electron chi connectivity index (χ1n) is 39.7. The smallest absolute Gasteiger partial charge is 0.249 e. The number of carbonyl (C=O) groups is 1. The molecule has 1 saturated heterocycles. The summed E-state index contributed by atoms with van der Waals surface area (Å²) in [5.41, 5.74) is 0. The fraction of sp³-hybridized carbons (Fsp3) is 0.864. The number of amides is 1. The maximum absolute atomic E-state index is 13.3. The molecule has 0 spiro atoms. The van der Waals surface area contributed by atoms with Crippen LogP contribution in [0.25, 0.3) is 0 Å². The predicted octanol–water partition coefficient (Wildman–Crippen LogP) is 20.4. The molecule has 9 unspecified atom stereocenters. The Balaban J connectivity index is 2.16. The second-order valence-electron chi connectivity index (χ2n) is 27.8. The highest BCUT2D eigenvalue weighted by Gasteiger charge is 2.44. The van der Waals surface area contributed by atoms with Gasteiger partial charge in [0.25, 0.3) is 0 Å². The predicted molar refractivity (Wildman–Crippen MR) is 390 cm³/mol. The minimum absolute atomic E-state index is 0.241. The molecule has 1 fully saturated rings. The van der Waals surface area contributed by atoms with Crippen LogP contribution in [-0.4, -0.2) is 110 Å². The van der Waals surface area contributed by atoms with Gasteiger partial charge in [0, 0.05) is 0 Å². The van der Waals surface area contributed by atoms with Gasteiger partial charge in [-0.25, -0.2) is 0 Å². The van der Waals surface area contributed by atoms with E-state index in [1.54, 1.807) is 0 Å². The summed E-state index contributed by atoms with van der Waals surface area (Å²) in [4.78, 5) is 13.3. The van der Waals surface area contributed by atoms with Gasteiger partial charge in [-0.15, -0.1) is 0 Å². The summed E-state index contributed by atoms with van der Waals surface area (Å²) in [5, 5.41) is 76.6. The number of aliphatic hydroxyl groups excluding tert-OH is 7. The third-order valence-electron chi connectivity index (χ3n) is 19.0. The van der Waals surface area contributed by atoms with Crippen LogP contribution >= 0.6 is 0 Å². The van der Waals surface area contributed by atoms with E-state index in [1.165, 1.54) is 283 Å². The fourth-order valence-electron chi connectivity index (χ4n) is 12.7. The highest BCUT2D eigenvalue weighted by atomic mass is 16.7. The summed E-state index contributed by atoms with van der Waals surface area (Å²) in [5.74, 6) is -0.708. The Morgan fingerprint density at radius 2 is 0.685 bits per heavy atom. The van der Waals surface area contributed by atoms with E-state index in [9.17, 15) is 40.5 Å². The first kappa shape index (κ1) is 87.8. The minimum Gasteiger partial charge on any atom is -0.394 e. The van der Waals surface area contributed by atoms with Crippen LogP contribution in [0.5, 0.6) is 0 Å². The van der Waals surface area contributed by atoms with Crippen LogP contribution in [0.4, 0.5) is 0 Å². The molecule has 1 rings (SSSR count). The number of hydrogen-bond acceptors (Lipinski definition) is 10. The molecule has 0 bridgehead atoms. The van der Waals surface area contributed by atoms with E-state index in [1.807, 2.05) is 0 Å². The molecule has 0 radical (unpaired) electrons. The first-order chi connectivity index (χ1) is 45.2. The zero-order chi connectivity index (χ0) is 66.7. The van der Waals surface area contributed by atoms with E-state index < -0.39 is 74.2 Å². The molecule has 9 atom stereocenters. The summed E-state index contributed by atoms with van der Waals surface area (Å²) in [7, 11) is 0. The SMILES string of the molecule is CCCCCCCCCCCCCCCC/C=C/CC/C=C/CC/C=C/CCCC(O)C(O)C(COC1OC(CO)C(O)C(O)C1O)NC(=O)C(O)CCCCCCCCCCCCCCCCCC/C=C\C/C=C\CCCCCCCCCCCCCCCCC. The molecule has 1 aliphatic rings. The molecule has 92 heavy (non-hydrogen) atoms. The third-order valence-corrected chi connectivity index (χ3v) is 19.0. The topological polar surface area (TPSA) is 189 Å². The number of carbonyl (C=O) groups excluding carboxylic acids is 1. The van der Waals surface area contributed by atoms with E-state index in [4.69, 9.17) is 9.47 Å². The van der Waals surface area contributed by atoms with Crippen LogP contribution in [0, 0.1) is 0 Å². The molecule has 11 nitrogen and oxygen atoms in total. The lowest BCUT2D eigenvalue weighted by molar-refractivity contribution is -0.303. The molecule has 0 aromatic heterocycles. The standard InChI is InChI=1S/C81H151NO10/c1-3-5-7-9-11-13-15-17-19-21-23-25-27-29-31-32-33-34-35-36-37-38-39-40-41-43-45-47-49-51-53-55-57-59-61-63-65-67-69-74(85)80(90)82-72(71-91-81-79(89)78(88)77(87)75(70-83)92-81)76(86)73(84)68-66-64-62-60-58-56-54-52-50-48-46-44-42-30-28-26-24-22-20-18-16-14-12-10-8-6-4-2/h33-34,36-37,44,46,52,54,60,62,72-79,81,83-89H,3-32,35,38-43,45,47-51,53,55-59,61,63-71H2,1-2H3,(H,82,90)/b34-33-,37-36-,46-44+,54-52+,62-60+. The fourth-order valence-corrected chi connectivity index (χ4v) is 12.7. The van der Waals surface area contributed by atoms with Crippen molar-refractivity contribution in [3.8, 4) is 0 Å². The number of rotatable bonds is 70. The van der Waals surface area contributed by atoms with Gasteiger partial charge in [-0.2, -0.15) is 0 Å². The molecule has 1 amide bonds. The number of hydrogen-bond donors (Lipinski definition) is 8. The van der Waals surface area contributed by atoms with Crippen LogP contribution in [0.1, 0.15) is 380 Å². The average molecular weight is 1300 g/mol. The van der Waals surface area contributed by atoms with Gasteiger partial charge < -0.3 is 50.5 Å². The van der Waals surface area contributed by atoms with Crippen molar-refractivity contribution in [2.24, 2.45) is 0 Å². The Labute approximate surface area is 567 Å². The zero-order valence-corrected chi connectivity index (χ0v) is 60.0. The Bertz CT molecular complexity index is 1690. The van der Waals surface area contributed by atoms with Crippen molar-refractivity contribution in [3.63, 3.8) is 0 Å². The molecule has 0 aliphatic carbocycles. The summed E-state index contributed by atoms with van der Waals surface area (Å²) in [6.07, 6.45) is 82.0. The number of aliphatic hydroxyl groups is 7. The molecule has 540 valence electrons. The van der Waals surface area contributed by atoms with E-state index in [0.29, 0.717) is 19.3 Å². The van der Waals surface area contributed by atoms with Crippen molar-refractivity contribution in [3.05, 3.63) is 60.8 Å². The second-order valence-corrected chi connectivity index (χ2v) is 27.8. The lowest BCUT2D eigenvalue weighted by Crippen LogP contribution is -2.60. The lowest BCUT2D eigenvalue weighted by Gasteiger charge is -2.40. The molecule has 11 heteroatoms. The van der Waals surface area contributed by atoms with Crippen molar-refractivity contribution in [1.29, 1.82) is 0 Å². The summed E-state index contributed by atoms with van der Waals surface area (Å²) in [6.45, 7) is 3.49. The molecule has 0 aromatic rings. The zero-order valence-electron chi connectivity index (χ0n) is 60.0. The number of nitrogens with one attached hydrogen (secondary N) is 1. The first-order valence-corrected chi connectivity index (χ1v) is 39.7. The average Bonchev–Trinajstić information content (AvgIpc) is 0.975. The molecule has 1 heterocycles. The maximum atomic E-state index is 13.3. The molecule has 0 saturated carbocycles. The van der Waals surface area contributed by atoms with E-state index in [0.717, 1.165) is 51.4 Å². The Kier molecular flexibility index (Phi) is 65.6. The summed E-state index contributed by atoms with van der Waals surface area (Å²) >= 11 is 0. The van der Waals surface area contributed by atoms with Gasteiger partial charge >= 0.3 is 0 Å². The highest BCUT2D eigenvalue weighted by Crippen LogP contribution is 2.24. The quantitative estimate of drug-likeness (QED) is 0.0215. The van der Waals surface area contributed by atoms with Crippen molar-refractivity contribution < 1.29 is 50.0 Å². The van der Waals surface area contributed by atoms with Crippen LogP contribution in [0.15, 0.2) is 60.8 Å². The van der Waals surface area contributed by atoms with Gasteiger partial charge in [0.1, 0.15) is 36.6 Å². The van der Waals surface area contributed by atoms with Gasteiger partial charge in [-0.1, -0.05) is 344 Å². The van der Waals surface area contributed by atoms with Crippen molar-refractivity contribution in [1.82, 2.24) is 5.32 Å². The van der Waals surface area contributed by atoms with Gasteiger partial charge in [-0.05, 0) is 96.3 Å². The van der Waals surface area contributed by atoms with Crippen LogP contribution in [0.2, 0.25) is 0 Å². The van der Waals surface area contributed by atoms with Crippen LogP contribution in [-0.2, 0) is 14.3 Å². The van der Waals surface area contributed by atoms with Gasteiger partial charge in [-0.3, -0.25) is 4.79 Å². The molecule has 1 aliphatic heterocycles. The number of allylic oxidation sites excluding steroid dienone is 10. The van der Waals surface area contributed by atoms with E-state index in [2.05, 4.69) is 79.9 Å². The molecule has 8 N–H and O–H groups in total. The van der Waals surface area contributed by atoms with E-state index in [-0.39, 0.29) is 12.8 Å². The lowest BCUT2D eigenvalue weighted by atomic mass is 9.98.